The summed E-state index contributed by atoms with van der Waals surface area (Å²) in [6, 6.07) is 0. The summed E-state index contributed by atoms with van der Waals surface area (Å²) in [6.45, 7) is 5.21. The molecular formula is C13H21N3O2. The summed E-state index contributed by atoms with van der Waals surface area (Å²) in [5.41, 5.74) is 1.35. The van der Waals surface area contributed by atoms with E-state index in [0.29, 0.717) is 19.1 Å². The van der Waals surface area contributed by atoms with Crippen LogP contribution in [0.25, 0.3) is 0 Å². The summed E-state index contributed by atoms with van der Waals surface area (Å²) in [7, 11) is 0. The van der Waals surface area contributed by atoms with Crippen molar-refractivity contribution >= 4 is 0 Å². The van der Waals surface area contributed by atoms with Gasteiger partial charge in [-0.25, -0.2) is 4.98 Å². The lowest BCUT2D eigenvalue weighted by atomic mass is 9.95. The summed E-state index contributed by atoms with van der Waals surface area (Å²) >= 11 is 0. The van der Waals surface area contributed by atoms with Crippen LogP contribution in [0.2, 0.25) is 0 Å². The van der Waals surface area contributed by atoms with Crippen molar-refractivity contribution in [2.45, 2.75) is 31.4 Å². The van der Waals surface area contributed by atoms with Crippen LogP contribution >= 0.6 is 0 Å². The summed E-state index contributed by atoms with van der Waals surface area (Å²) in [5, 5.41) is 3.40. The van der Waals surface area contributed by atoms with Crippen LogP contribution in [0.15, 0.2) is 12.5 Å². The Morgan fingerprint density at radius 1 is 1.33 bits per heavy atom. The van der Waals surface area contributed by atoms with Crippen molar-refractivity contribution in [1.29, 1.82) is 0 Å². The largest absolute Gasteiger partial charge is 0.376 e. The lowest BCUT2D eigenvalue weighted by Crippen LogP contribution is -2.33. The second-order valence-electron chi connectivity index (χ2n) is 5.06. The second-order valence-corrected chi connectivity index (χ2v) is 5.06. The number of nitrogens with one attached hydrogen (secondary N) is 1. The number of rotatable bonds is 3. The van der Waals surface area contributed by atoms with E-state index in [1.54, 1.807) is 0 Å². The standard InChI is InChI=1S/C13H21N3O2/c1-3-14-4-2-11(1)13-7-15-10-16(13)8-12-9-17-5-6-18-12/h7,10-12,14H,1-6,8-9H2. The molecule has 0 radical (unpaired) electrons. The van der Waals surface area contributed by atoms with Crippen molar-refractivity contribution < 1.29 is 9.47 Å². The van der Waals surface area contributed by atoms with E-state index >= 15 is 0 Å². The molecule has 0 bridgehead atoms. The number of hydrogen-bond acceptors (Lipinski definition) is 4. The van der Waals surface area contributed by atoms with Crippen molar-refractivity contribution in [3.63, 3.8) is 0 Å². The third-order valence-electron chi connectivity index (χ3n) is 3.79. The molecule has 5 heteroatoms. The highest BCUT2D eigenvalue weighted by Gasteiger charge is 2.21. The summed E-state index contributed by atoms with van der Waals surface area (Å²) < 4.78 is 13.4. The zero-order valence-corrected chi connectivity index (χ0v) is 10.7. The van der Waals surface area contributed by atoms with E-state index in [4.69, 9.17) is 9.47 Å². The molecule has 2 saturated heterocycles. The fourth-order valence-electron chi connectivity index (χ4n) is 2.80. The summed E-state index contributed by atoms with van der Waals surface area (Å²) in [4.78, 5) is 4.31. The minimum atomic E-state index is 0.174. The molecule has 100 valence electrons. The van der Waals surface area contributed by atoms with Crippen molar-refractivity contribution in [3.05, 3.63) is 18.2 Å². The molecule has 1 atom stereocenters. The van der Waals surface area contributed by atoms with E-state index < -0.39 is 0 Å². The highest BCUT2D eigenvalue weighted by molar-refractivity contribution is 5.08. The van der Waals surface area contributed by atoms with Gasteiger partial charge in [0.1, 0.15) is 0 Å². The SMILES string of the molecule is c1ncn(CC2COCCO2)c1C1CCNCC1. The first-order valence-electron chi connectivity index (χ1n) is 6.83. The molecule has 2 fully saturated rings. The van der Waals surface area contributed by atoms with Gasteiger partial charge in [-0.05, 0) is 25.9 Å². The van der Waals surface area contributed by atoms with Gasteiger partial charge < -0.3 is 19.4 Å². The highest BCUT2D eigenvalue weighted by Crippen LogP contribution is 2.25. The minimum Gasteiger partial charge on any atom is -0.376 e. The second kappa shape index (κ2) is 5.82. The molecule has 3 heterocycles. The molecule has 2 aliphatic rings. The molecule has 0 saturated carbocycles. The van der Waals surface area contributed by atoms with Gasteiger partial charge in [-0.3, -0.25) is 0 Å². The van der Waals surface area contributed by atoms with E-state index in [-0.39, 0.29) is 6.10 Å². The smallest absolute Gasteiger partial charge is 0.0988 e. The summed E-state index contributed by atoms with van der Waals surface area (Å²) in [6.07, 6.45) is 6.52. The van der Waals surface area contributed by atoms with Gasteiger partial charge in [0.15, 0.2) is 0 Å². The number of hydrogen-bond donors (Lipinski definition) is 1. The van der Waals surface area contributed by atoms with Gasteiger partial charge in [0, 0.05) is 17.8 Å². The zero-order valence-electron chi connectivity index (χ0n) is 10.7. The van der Waals surface area contributed by atoms with E-state index in [2.05, 4.69) is 14.9 Å². The Morgan fingerprint density at radius 3 is 3.00 bits per heavy atom. The third kappa shape index (κ3) is 2.74. The molecule has 3 rings (SSSR count). The molecule has 1 unspecified atom stereocenters. The Hall–Kier alpha value is -0.910. The van der Waals surface area contributed by atoms with Gasteiger partial charge in [-0.2, -0.15) is 0 Å². The fraction of sp³-hybridized carbons (Fsp3) is 0.769. The maximum Gasteiger partial charge on any atom is 0.0988 e. The molecule has 2 aliphatic heterocycles. The molecule has 1 aromatic heterocycles. The quantitative estimate of drug-likeness (QED) is 0.862. The fourth-order valence-corrected chi connectivity index (χ4v) is 2.80. The first kappa shape index (κ1) is 12.1. The zero-order chi connectivity index (χ0) is 12.2. The van der Waals surface area contributed by atoms with Crippen LogP contribution in [0.5, 0.6) is 0 Å². The summed E-state index contributed by atoms with van der Waals surface area (Å²) in [5.74, 6) is 0.637. The first-order chi connectivity index (χ1) is 8.93. The molecular weight excluding hydrogens is 230 g/mol. The topological polar surface area (TPSA) is 48.3 Å². The molecule has 1 N–H and O–H groups in total. The van der Waals surface area contributed by atoms with Crippen LogP contribution in [0.3, 0.4) is 0 Å². The van der Waals surface area contributed by atoms with Crippen LogP contribution in [0, 0.1) is 0 Å². The van der Waals surface area contributed by atoms with Gasteiger partial charge in [0.2, 0.25) is 0 Å². The highest BCUT2D eigenvalue weighted by atomic mass is 16.6. The normalized spacial score (nSPS) is 26.3. The van der Waals surface area contributed by atoms with Gasteiger partial charge in [0.05, 0.1) is 38.8 Å². The van der Waals surface area contributed by atoms with Crippen LogP contribution in [-0.4, -0.2) is 48.6 Å². The molecule has 0 aliphatic carbocycles. The molecule has 0 amide bonds. The average Bonchev–Trinajstić information content (AvgIpc) is 2.89. The van der Waals surface area contributed by atoms with Crippen LogP contribution in [0.4, 0.5) is 0 Å². The van der Waals surface area contributed by atoms with E-state index in [1.807, 2.05) is 12.5 Å². The predicted molar refractivity (Wildman–Crippen MR) is 67.6 cm³/mol. The number of aromatic nitrogens is 2. The Kier molecular flexibility index (Phi) is 3.93. The van der Waals surface area contributed by atoms with Crippen molar-refractivity contribution in [3.8, 4) is 0 Å². The lowest BCUT2D eigenvalue weighted by molar-refractivity contribution is -0.0938. The molecule has 5 nitrogen and oxygen atoms in total. The van der Waals surface area contributed by atoms with Crippen molar-refractivity contribution in [2.24, 2.45) is 0 Å². The number of piperidine rings is 1. The Labute approximate surface area is 107 Å². The number of imidazole rings is 1. The Balaban J connectivity index is 1.66. The maximum absolute atomic E-state index is 5.71. The Bertz CT molecular complexity index is 368. The first-order valence-corrected chi connectivity index (χ1v) is 6.83. The molecule has 0 aromatic carbocycles. The third-order valence-corrected chi connectivity index (χ3v) is 3.79. The predicted octanol–water partition coefficient (Wildman–Crippen LogP) is 0.765. The van der Waals surface area contributed by atoms with Crippen molar-refractivity contribution in [2.75, 3.05) is 32.9 Å². The number of ether oxygens (including phenoxy) is 2. The van der Waals surface area contributed by atoms with Gasteiger partial charge in [0.25, 0.3) is 0 Å². The Morgan fingerprint density at radius 2 is 2.22 bits per heavy atom. The van der Waals surface area contributed by atoms with Crippen LogP contribution in [-0.2, 0) is 16.0 Å². The monoisotopic (exact) mass is 251 g/mol. The minimum absolute atomic E-state index is 0.174. The van der Waals surface area contributed by atoms with Crippen LogP contribution < -0.4 is 5.32 Å². The van der Waals surface area contributed by atoms with E-state index in [1.165, 1.54) is 18.5 Å². The van der Waals surface area contributed by atoms with Crippen molar-refractivity contribution in [1.82, 2.24) is 14.9 Å². The van der Waals surface area contributed by atoms with E-state index in [9.17, 15) is 0 Å². The molecule has 18 heavy (non-hydrogen) atoms. The van der Waals surface area contributed by atoms with Gasteiger partial charge in [-0.1, -0.05) is 0 Å². The maximum atomic E-state index is 5.71. The number of nitrogens with zero attached hydrogens (tertiary/aromatic N) is 2. The molecule has 0 spiro atoms. The van der Waals surface area contributed by atoms with Crippen LogP contribution in [0.1, 0.15) is 24.5 Å². The molecule has 1 aromatic rings. The van der Waals surface area contributed by atoms with Gasteiger partial charge in [-0.15, -0.1) is 0 Å². The van der Waals surface area contributed by atoms with Gasteiger partial charge >= 0.3 is 0 Å². The average molecular weight is 251 g/mol. The van der Waals surface area contributed by atoms with E-state index in [0.717, 1.165) is 26.2 Å². The lowest BCUT2D eigenvalue weighted by Gasteiger charge is -2.27.